The summed E-state index contributed by atoms with van der Waals surface area (Å²) < 4.78 is 38.7. The molecular formula is C24H36O15. The zero-order valence-corrected chi connectivity index (χ0v) is 21.2. The summed E-state index contributed by atoms with van der Waals surface area (Å²) >= 11 is 0. The van der Waals surface area contributed by atoms with Gasteiger partial charge in [0.1, 0.15) is 72.5 Å². The molecule has 1 aromatic rings. The number of ether oxygens (including phenoxy) is 7. The number of aliphatic hydroxyl groups is 8. The number of aliphatic hydroxyl groups excluding tert-OH is 8. The highest BCUT2D eigenvalue weighted by molar-refractivity contribution is 5.31. The van der Waals surface area contributed by atoms with Crippen LogP contribution in [-0.4, -0.2) is 147 Å². The number of methoxy groups -OCH3 is 1. The van der Waals surface area contributed by atoms with Crippen molar-refractivity contribution in [2.75, 3.05) is 20.3 Å². The maximum Gasteiger partial charge on any atom is 0.229 e. The van der Waals surface area contributed by atoms with Gasteiger partial charge in [0.2, 0.25) is 6.29 Å². The van der Waals surface area contributed by atoms with E-state index in [2.05, 4.69) is 0 Å². The highest BCUT2D eigenvalue weighted by atomic mass is 16.8. The van der Waals surface area contributed by atoms with Crippen molar-refractivity contribution in [2.45, 2.75) is 92.9 Å². The minimum Gasteiger partial charge on any atom is -0.497 e. The lowest BCUT2D eigenvalue weighted by Crippen LogP contribution is -2.66. The lowest BCUT2D eigenvalue weighted by atomic mass is 9.97. The van der Waals surface area contributed by atoms with E-state index in [1.807, 2.05) is 0 Å². The molecule has 8 N–H and O–H groups in total. The van der Waals surface area contributed by atoms with Gasteiger partial charge in [0.25, 0.3) is 0 Å². The van der Waals surface area contributed by atoms with E-state index < -0.39 is 99.2 Å². The van der Waals surface area contributed by atoms with Gasteiger partial charge in [-0.3, -0.25) is 0 Å². The number of rotatable bonds is 8. The average molecular weight is 565 g/mol. The van der Waals surface area contributed by atoms with Gasteiger partial charge in [-0.2, -0.15) is 0 Å². The SMILES string of the molecule is COc1ccc(O[C@@H]2O[C@H](CO)[C@@H](O)[C@H](O[C@H]3O[C@H](C)[C@@H](O)[C@H](O)[C@@H]3O[C@@H]3OC[C@H](O)[C@H](O)[C@H]3O)[C@H]2O)cc1. The Hall–Kier alpha value is -1.70. The van der Waals surface area contributed by atoms with E-state index >= 15 is 0 Å². The van der Waals surface area contributed by atoms with Crippen LogP contribution >= 0.6 is 0 Å². The van der Waals surface area contributed by atoms with Gasteiger partial charge in [0.05, 0.1) is 26.4 Å². The van der Waals surface area contributed by atoms with Crippen LogP contribution in [0.4, 0.5) is 0 Å². The molecule has 3 heterocycles. The quantitative estimate of drug-likeness (QED) is 0.151. The molecule has 0 unspecified atom stereocenters. The first-order chi connectivity index (χ1) is 18.5. The second-order valence-electron chi connectivity index (χ2n) is 9.64. The molecule has 0 bridgehead atoms. The molecule has 3 aliphatic heterocycles. The Balaban J connectivity index is 1.53. The van der Waals surface area contributed by atoms with Crippen molar-refractivity contribution in [1.82, 2.24) is 0 Å². The summed E-state index contributed by atoms with van der Waals surface area (Å²) in [5, 5.41) is 82.7. The molecule has 0 saturated carbocycles. The molecule has 0 radical (unpaired) electrons. The topological polar surface area (TPSA) is 226 Å². The van der Waals surface area contributed by atoms with E-state index in [1.165, 1.54) is 14.0 Å². The first kappa shape index (κ1) is 30.3. The summed E-state index contributed by atoms with van der Waals surface area (Å²) in [5.74, 6) is 0.833. The van der Waals surface area contributed by atoms with Crippen molar-refractivity contribution in [3.63, 3.8) is 0 Å². The highest BCUT2D eigenvalue weighted by Gasteiger charge is 2.53. The van der Waals surface area contributed by atoms with Crippen LogP contribution in [0, 0.1) is 0 Å². The Morgan fingerprint density at radius 1 is 0.718 bits per heavy atom. The molecule has 3 saturated heterocycles. The third-order valence-electron chi connectivity index (χ3n) is 6.95. The molecule has 4 rings (SSSR count). The van der Waals surface area contributed by atoms with Gasteiger partial charge in [-0.05, 0) is 31.2 Å². The van der Waals surface area contributed by atoms with Gasteiger partial charge in [-0.15, -0.1) is 0 Å². The van der Waals surface area contributed by atoms with Crippen LogP contribution in [0.1, 0.15) is 6.92 Å². The van der Waals surface area contributed by atoms with Crippen molar-refractivity contribution in [3.8, 4) is 11.5 Å². The lowest BCUT2D eigenvalue weighted by molar-refractivity contribution is -0.377. The summed E-state index contributed by atoms with van der Waals surface area (Å²) in [4.78, 5) is 0. The molecule has 3 fully saturated rings. The first-order valence-electron chi connectivity index (χ1n) is 12.5. The van der Waals surface area contributed by atoms with E-state index in [-0.39, 0.29) is 5.75 Å². The van der Waals surface area contributed by atoms with E-state index in [0.717, 1.165) is 0 Å². The Morgan fingerprint density at radius 2 is 1.36 bits per heavy atom. The third kappa shape index (κ3) is 6.46. The van der Waals surface area contributed by atoms with Crippen LogP contribution in [0.5, 0.6) is 11.5 Å². The van der Waals surface area contributed by atoms with Gasteiger partial charge >= 0.3 is 0 Å². The summed E-state index contributed by atoms with van der Waals surface area (Å²) in [6, 6.07) is 6.33. The maximum absolute atomic E-state index is 11.0. The van der Waals surface area contributed by atoms with E-state index in [1.54, 1.807) is 24.3 Å². The minimum absolute atomic E-state index is 0.276. The summed E-state index contributed by atoms with van der Waals surface area (Å²) in [7, 11) is 1.49. The molecule has 222 valence electrons. The number of hydrogen-bond donors (Lipinski definition) is 8. The van der Waals surface area contributed by atoms with Crippen LogP contribution in [0.25, 0.3) is 0 Å². The Morgan fingerprint density at radius 3 is 2.00 bits per heavy atom. The van der Waals surface area contributed by atoms with Crippen LogP contribution in [-0.2, 0) is 23.7 Å². The van der Waals surface area contributed by atoms with E-state index in [4.69, 9.17) is 33.2 Å². The first-order valence-corrected chi connectivity index (χ1v) is 12.5. The van der Waals surface area contributed by atoms with E-state index in [0.29, 0.717) is 5.75 Å². The molecule has 3 aliphatic rings. The smallest absolute Gasteiger partial charge is 0.229 e. The van der Waals surface area contributed by atoms with Crippen LogP contribution in [0.2, 0.25) is 0 Å². The Kier molecular flexibility index (Phi) is 9.98. The second-order valence-corrected chi connectivity index (χ2v) is 9.64. The molecular weight excluding hydrogens is 528 g/mol. The fraction of sp³-hybridized carbons (Fsp3) is 0.750. The van der Waals surface area contributed by atoms with Gasteiger partial charge in [-0.1, -0.05) is 0 Å². The average Bonchev–Trinajstić information content (AvgIpc) is 2.93. The summed E-state index contributed by atoms with van der Waals surface area (Å²) in [6.07, 6.45) is -21.0. The molecule has 15 nitrogen and oxygen atoms in total. The normalized spacial score (nSPS) is 45.1. The minimum atomic E-state index is -1.72. The largest absolute Gasteiger partial charge is 0.497 e. The zero-order chi connectivity index (χ0) is 28.4. The molecule has 15 heteroatoms. The molecule has 39 heavy (non-hydrogen) atoms. The highest BCUT2D eigenvalue weighted by Crippen LogP contribution is 2.33. The molecule has 1 aromatic carbocycles. The predicted octanol–water partition coefficient (Wildman–Crippen LogP) is -3.81. The van der Waals surface area contributed by atoms with Crippen LogP contribution in [0.15, 0.2) is 24.3 Å². The number of benzene rings is 1. The predicted molar refractivity (Wildman–Crippen MR) is 125 cm³/mol. The van der Waals surface area contributed by atoms with E-state index in [9.17, 15) is 40.9 Å². The standard InChI is InChI=1S/C24H36O15/c1-9-14(27)17(30)21(39-22-18(31)15(28)12(26)8-34-22)24(35-9)38-20-16(29)13(7-25)37-23(19(20)32)36-11-5-3-10(33-2)4-6-11/h3-6,9,12-32H,7-8H2,1-2H3/t9-,12+,13-,14-,15+,16-,17+,18-,19-,20+,21+,22+,23-,24-/m1/s1. The summed E-state index contributed by atoms with van der Waals surface area (Å²) in [5.41, 5.74) is 0. The van der Waals surface area contributed by atoms with Crippen molar-refractivity contribution >= 4 is 0 Å². The fourth-order valence-electron chi connectivity index (χ4n) is 4.57. The van der Waals surface area contributed by atoms with Crippen LogP contribution in [0.3, 0.4) is 0 Å². The molecule has 0 aliphatic carbocycles. The van der Waals surface area contributed by atoms with Gasteiger partial charge in [0, 0.05) is 0 Å². The lowest BCUT2D eigenvalue weighted by Gasteiger charge is -2.47. The Labute approximate surface area is 223 Å². The maximum atomic E-state index is 11.0. The molecule has 0 spiro atoms. The van der Waals surface area contributed by atoms with Crippen LogP contribution < -0.4 is 9.47 Å². The molecule has 0 amide bonds. The van der Waals surface area contributed by atoms with Crippen molar-refractivity contribution in [2.24, 2.45) is 0 Å². The molecule has 0 aromatic heterocycles. The number of hydrogen-bond acceptors (Lipinski definition) is 15. The van der Waals surface area contributed by atoms with Crippen molar-refractivity contribution in [3.05, 3.63) is 24.3 Å². The van der Waals surface area contributed by atoms with Gasteiger partial charge < -0.3 is 74.0 Å². The summed E-state index contributed by atoms with van der Waals surface area (Å²) in [6.45, 7) is 0.383. The van der Waals surface area contributed by atoms with Crippen molar-refractivity contribution < 1.29 is 74.0 Å². The van der Waals surface area contributed by atoms with Gasteiger partial charge in [0.15, 0.2) is 12.6 Å². The van der Waals surface area contributed by atoms with Crippen molar-refractivity contribution in [1.29, 1.82) is 0 Å². The third-order valence-corrected chi connectivity index (χ3v) is 6.95. The second kappa shape index (κ2) is 12.9. The zero-order valence-electron chi connectivity index (χ0n) is 21.2. The van der Waals surface area contributed by atoms with Gasteiger partial charge in [-0.25, -0.2) is 0 Å². The molecule has 14 atom stereocenters. The monoisotopic (exact) mass is 564 g/mol. The Bertz CT molecular complexity index is 904. The fourth-order valence-corrected chi connectivity index (χ4v) is 4.57.